The Kier molecular flexibility index (Phi) is 5.37. The second-order valence-corrected chi connectivity index (χ2v) is 5.59. The lowest BCUT2D eigenvalue weighted by Crippen LogP contribution is -2.28. The van der Waals surface area contributed by atoms with E-state index in [1.807, 2.05) is 26.0 Å². The smallest absolute Gasteiger partial charge is 0.289 e. The zero-order valence-corrected chi connectivity index (χ0v) is 14.5. The molecule has 26 heavy (non-hydrogen) atoms. The van der Waals surface area contributed by atoms with Crippen molar-refractivity contribution in [3.63, 3.8) is 0 Å². The average Bonchev–Trinajstić information content (AvgIpc) is 3.13. The van der Waals surface area contributed by atoms with Crippen molar-refractivity contribution >= 4 is 23.4 Å². The first-order chi connectivity index (χ1) is 12.6. The Bertz CT molecular complexity index is 881. The number of carbonyl (C=O) groups excluding carboxylic acids is 1. The number of aromatic nitrogens is 4. The highest BCUT2D eigenvalue weighted by molar-refractivity contribution is 5.91. The van der Waals surface area contributed by atoms with Gasteiger partial charge in [-0.05, 0) is 31.5 Å². The summed E-state index contributed by atoms with van der Waals surface area (Å²) < 4.78 is 4.79. The van der Waals surface area contributed by atoms with Crippen LogP contribution in [0.1, 0.15) is 21.9 Å². The molecule has 3 rings (SSSR count). The highest BCUT2D eigenvalue weighted by Crippen LogP contribution is 2.16. The van der Waals surface area contributed by atoms with Gasteiger partial charge in [-0.3, -0.25) is 4.79 Å². The number of carbonyl (C=O) groups is 1. The van der Waals surface area contributed by atoms with E-state index in [4.69, 9.17) is 4.52 Å². The van der Waals surface area contributed by atoms with Gasteiger partial charge in [-0.2, -0.15) is 0 Å². The van der Waals surface area contributed by atoms with Gasteiger partial charge >= 0.3 is 0 Å². The molecule has 3 aromatic rings. The lowest BCUT2D eigenvalue weighted by atomic mass is 10.3. The SMILES string of the molecule is Cc1ccnc(Nc2cc(NCCNC(=O)c3ccno3)nc(C)n2)c1. The summed E-state index contributed by atoms with van der Waals surface area (Å²) in [5, 5.41) is 12.5. The third kappa shape index (κ3) is 4.76. The van der Waals surface area contributed by atoms with Crippen molar-refractivity contribution in [3.05, 3.63) is 53.8 Å². The monoisotopic (exact) mass is 353 g/mol. The first kappa shape index (κ1) is 17.3. The molecule has 0 aliphatic carbocycles. The number of amides is 1. The molecule has 3 heterocycles. The van der Waals surface area contributed by atoms with Crippen molar-refractivity contribution in [2.45, 2.75) is 13.8 Å². The summed E-state index contributed by atoms with van der Waals surface area (Å²) in [5.74, 6) is 2.51. The molecule has 1 amide bonds. The fourth-order valence-electron chi connectivity index (χ4n) is 2.24. The summed E-state index contributed by atoms with van der Waals surface area (Å²) in [5.41, 5.74) is 1.11. The van der Waals surface area contributed by atoms with Crippen molar-refractivity contribution in [1.29, 1.82) is 0 Å². The minimum atomic E-state index is -0.309. The number of hydrogen-bond acceptors (Lipinski definition) is 8. The average molecular weight is 353 g/mol. The zero-order chi connectivity index (χ0) is 18.4. The second-order valence-electron chi connectivity index (χ2n) is 5.59. The maximum absolute atomic E-state index is 11.7. The predicted molar refractivity (Wildman–Crippen MR) is 96.4 cm³/mol. The number of rotatable bonds is 7. The first-order valence-corrected chi connectivity index (χ1v) is 8.08. The van der Waals surface area contributed by atoms with Crippen LogP contribution in [-0.2, 0) is 0 Å². The van der Waals surface area contributed by atoms with Crippen LogP contribution in [0, 0.1) is 13.8 Å². The van der Waals surface area contributed by atoms with Crippen LogP contribution in [0.3, 0.4) is 0 Å². The fraction of sp³-hybridized carbons (Fsp3) is 0.235. The van der Waals surface area contributed by atoms with E-state index in [9.17, 15) is 4.79 Å². The second kappa shape index (κ2) is 8.06. The molecule has 9 heteroatoms. The van der Waals surface area contributed by atoms with E-state index in [1.54, 1.807) is 12.3 Å². The lowest BCUT2D eigenvalue weighted by molar-refractivity contribution is 0.0918. The van der Waals surface area contributed by atoms with Gasteiger partial charge in [-0.15, -0.1) is 0 Å². The van der Waals surface area contributed by atoms with Crippen LogP contribution in [0.5, 0.6) is 0 Å². The fourth-order valence-corrected chi connectivity index (χ4v) is 2.24. The molecule has 9 nitrogen and oxygen atoms in total. The van der Waals surface area contributed by atoms with Gasteiger partial charge in [0.05, 0.1) is 6.20 Å². The normalized spacial score (nSPS) is 10.4. The largest absolute Gasteiger partial charge is 0.368 e. The van der Waals surface area contributed by atoms with Gasteiger partial charge in [0.1, 0.15) is 23.3 Å². The molecule has 134 valence electrons. The molecule has 0 radical (unpaired) electrons. The van der Waals surface area contributed by atoms with Crippen molar-refractivity contribution in [3.8, 4) is 0 Å². The van der Waals surface area contributed by atoms with E-state index in [0.29, 0.717) is 36.4 Å². The number of nitrogens with zero attached hydrogens (tertiary/aromatic N) is 4. The Morgan fingerprint density at radius 2 is 1.88 bits per heavy atom. The van der Waals surface area contributed by atoms with E-state index in [1.165, 1.54) is 12.3 Å². The van der Waals surface area contributed by atoms with Crippen LogP contribution >= 0.6 is 0 Å². The third-order valence-corrected chi connectivity index (χ3v) is 3.39. The molecule has 0 atom stereocenters. The van der Waals surface area contributed by atoms with Gasteiger partial charge in [-0.25, -0.2) is 15.0 Å². The third-order valence-electron chi connectivity index (χ3n) is 3.39. The molecule has 0 bridgehead atoms. The van der Waals surface area contributed by atoms with Crippen LogP contribution in [0.15, 0.2) is 41.2 Å². The highest BCUT2D eigenvalue weighted by atomic mass is 16.5. The molecule has 0 fully saturated rings. The van der Waals surface area contributed by atoms with E-state index in [-0.39, 0.29) is 11.7 Å². The number of pyridine rings is 1. The Morgan fingerprint density at radius 1 is 1.04 bits per heavy atom. The topological polar surface area (TPSA) is 118 Å². The quantitative estimate of drug-likeness (QED) is 0.553. The minimum absolute atomic E-state index is 0.181. The zero-order valence-electron chi connectivity index (χ0n) is 14.5. The molecule has 3 aromatic heterocycles. The van der Waals surface area contributed by atoms with E-state index < -0.39 is 0 Å². The van der Waals surface area contributed by atoms with Gasteiger partial charge in [0.2, 0.25) is 5.76 Å². The van der Waals surface area contributed by atoms with Crippen molar-refractivity contribution in [1.82, 2.24) is 25.4 Å². The number of anilines is 3. The Hall–Kier alpha value is -3.49. The van der Waals surface area contributed by atoms with Gasteiger partial charge in [-0.1, -0.05) is 5.16 Å². The number of nitrogens with one attached hydrogen (secondary N) is 3. The summed E-state index contributed by atoms with van der Waals surface area (Å²) in [7, 11) is 0. The van der Waals surface area contributed by atoms with Gasteiger partial charge in [0, 0.05) is 31.4 Å². The van der Waals surface area contributed by atoms with Gasteiger partial charge < -0.3 is 20.5 Å². The Balaban J connectivity index is 1.55. The molecule has 0 aromatic carbocycles. The van der Waals surface area contributed by atoms with Crippen molar-refractivity contribution in [2.24, 2.45) is 0 Å². The summed E-state index contributed by atoms with van der Waals surface area (Å²) in [6, 6.07) is 7.16. The van der Waals surface area contributed by atoms with E-state index in [2.05, 4.69) is 36.1 Å². The molecule has 0 saturated heterocycles. The van der Waals surface area contributed by atoms with Gasteiger partial charge in [0.25, 0.3) is 5.91 Å². The lowest BCUT2D eigenvalue weighted by Gasteiger charge is -2.10. The summed E-state index contributed by atoms with van der Waals surface area (Å²) >= 11 is 0. The van der Waals surface area contributed by atoms with Crippen molar-refractivity contribution < 1.29 is 9.32 Å². The molecular formula is C17H19N7O2. The summed E-state index contributed by atoms with van der Waals surface area (Å²) in [4.78, 5) is 24.7. The summed E-state index contributed by atoms with van der Waals surface area (Å²) in [6.45, 7) is 4.72. The molecule has 0 saturated carbocycles. The summed E-state index contributed by atoms with van der Waals surface area (Å²) in [6.07, 6.45) is 3.16. The van der Waals surface area contributed by atoms with Crippen LogP contribution in [-0.4, -0.2) is 39.1 Å². The van der Waals surface area contributed by atoms with Crippen LogP contribution < -0.4 is 16.0 Å². The molecule has 0 aliphatic heterocycles. The molecule has 0 spiro atoms. The highest BCUT2D eigenvalue weighted by Gasteiger charge is 2.08. The van der Waals surface area contributed by atoms with Crippen molar-refractivity contribution in [2.75, 3.05) is 23.7 Å². The van der Waals surface area contributed by atoms with E-state index in [0.717, 1.165) is 5.56 Å². The minimum Gasteiger partial charge on any atom is -0.368 e. The molecule has 0 unspecified atom stereocenters. The molecular weight excluding hydrogens is 334 g/mol. The van der Waals surface area contributed by atoms with E-state index >= 15 is 0 Å². The maximum Gasteiger partial charge on any atom is 0.289 e. The number of hydrogen-bond donors (Lipinski definition) is 3. The van der Waals surface area contributed by atoms with Crippen LogP contribution in [0.2, 0.25) is 0 Å². The molecule has 3 N–H and O–H groups in total. The Labute approximate surface area is 150 Å². The molecule has 0 aliphatic rings. The van der Waals surface area contributed by atoms with Crippen LogP contribution in [0.4, 0.5) is 17.5 Å². The predicted octanol–water partition coefficient (Wildman–Crippen LogP) is 2.06. The van der Waals surface area contributed by atoms with Gasteiger partial charge in [0.15, 0.2) is 0 Å². The number of aryl methyl sites for hydroxylation is 2. The van der Waals surface area contributed by atoms with Crippen LogP contribution in [0.25, 0.3) is 0 Å². The maximum atomic E-state index is 11.7. The standard InChI is InChI=1S/C17H19N7O2/c1-11-3-5-18-14(9-11)24-16-10-15(22-12(2)23-16)19-7-8-20-17(25)13-4-6-21-26-13/h3-6,9-10H,7-8H2,1-2H3,(H,20,25)(H2,18,19,22,23,24). The first-order valence-electron chi connectivity index (χ1n) is 8.08. The Morgan fingerprint density at radius 3 is 2.65 bits per heavy atom.